The van der Waals surface area contributed by atoms with E-state index in [-0.39, 0.29) is 23.1 Å². The molecule has 2 amide bonds. The van der Waals surface area contributed by atoms with Crippen LogP contribution >= 0.6 is 0 Å². The van der Waals surface area contributed by atoms with Crippen molar-refractivity contribution in [1.82, 2.24) is 10.6 Å². The molecule has 0 aromatic carbocycles. The number of amides is 2. The zero-order valence-corrected chi connectivity index (χ0v) is 19.2. The van der Waals surface area contributed by atoms with Crippen molar-refractivity contribution in [3.63, 3.8) is 0 Å². The highest BCUT2D eigenvalue weighted by Crippen LogP contribution is 2.39. The molecule has 2 aliphatic rings. The molecule has 2 aliphatic carbocycles. The Bertz CT molecular complexity index is 514. The minimum Gasteiger partial charge on any atom is -0.356 e. The van der Waals surface area contributed by atoms with E-state index in [0.717, 1.165) is 44.7 Å². The van der Waals surface area contributed by atoms with Crippen LogP contribution in [0.3, 0.4) is 0 Å². The fourth-order valence-electron chi connectivity index (χ4n) is 4.75. The number of hydrogen-bond donors (Lipinski definition) is 2. The average molecular weight is 393 g/mol. The molecule has 0 aromatic heterocycles. The van der Waals surface area contributed by atoms with Crippen LogP contribution in [0, 0.1) is 34.5 Å². The van der Waals surface area contributed by atoms with Crippen LogP contribution in [0.4, 0.5) is 0 Å². The van der Waals surface area contributed by atoms with E-state index in [0.29, 0.717) is 17.3 Å². The van der Waals surface area contributed by atoms with Gasteiger partial charge in [-0.2, -0.15) is 0 Å². The molecule has 28 heavy (non-hydrogen) atoms. The first-order valence-corrected chi connectivity index (χ1v) is 11.5. The first-order chi connectivity index (χ1) is 13.0. The first kappa shape index (κ1) is 23.2. The van der Waals surface area contributed by atoms with Crippen molar-refractivity contribution >= 4 is 11.8 Å². The molecule has 0 spiro atoms. The molecule has 2 saturated carbocycles. The summed E-state index contributed by atoms with van der Waals surface area (Å²) < 4.78 is 0. The predicted octanol–water partition coefficient (Wildman–Crippen LogP) is 4.92. The second kappa shape index (κ2) is 9.63. The Hall–Kier alpha value is -1.06. The largest absolute Gasteiger partial charge is 0.356 e. The van der Waals surface area contributed by atoms with Gasteiger partial charge in [0, 0.05) is 24.4 Å². The van der Waals surface area contributed by atoms with Gasteiger partial charge in [0.05, 0.1) is 0 Å². The number of hydrogen-bond acceptors (Lipinski definition) is 2. The minimum atomic E-state index is -0.330. The first-order valence-electron chi connectivity index (χ1n) is 11.5. The van der Waals surface area contributed by atoms with Crippen LogP contribution in [-0.4, -0.2) is 24.9 Å². The second-order valence-corrected chi connectivity index (χ2v) is 11.5. The van der Waals surface area contributed by atoms with Crippen molar-refractivity contribution in [2.24, 2.45) is 34.5 Å². The van der Waals surface area contributed by atoms with Crippen molar-refractivity contribution < 1.29 is 9.59 Å². The molecule has 2 N–H and O–H groups in total. The monoisotopic (exact) mass is 392 g/mol. The van der Waals surface area contributed by atoms with Crippen LogP contribution in [0.1, 0.15) is 92.9 Å². The summed E-state index contributed by atoms with van der Waals surface area (Å²) in [7, 11) is 0. The van der Waals surface area contributed by atoms with Gasteiger partial charge in [0.15, 0.2) is 0 Å². The van der Waals surface area contributed by atoms with E-state index in [1.54, 1.807) is 0 Å². The molecule has 0 bridgehead atoms. The molecule has 0 heterocycles. The van der Waals surface area contributed by atoms with Crippen LogP contribution < -0.4 is 10.6 Å². The smallest absolute Gasteiger partial charge is 0.225 e. The summed E-state index contributed by atoms with van der Waals surface area (Å²) in [6.45, 7) is 14.5. The standard InChI is InChI=1S/C24H44N2O2/c1-23(2,3)20-13-9-18(10-14-20)15-25-21(27)19-11-7-17(8-12-19)16-26-22(28)24(4,5)6/h17-20H,7-16H2,1-6H3,(H,25,27)(H,26,28). The number of nitrogens with one attached hydrogen (secondary N) is 2. The Morgan fingerprint density at radius 2 is 1.18 bits per heavy atom. The van der Waals surface area contributed by atoms with Gasteiger partial charge < -0.3 is 10.6 Å². The van der Waals surface area contributed by atoms with Gasteiger partial charge >= 0.3 is 0 Å². The molecule has 4 nitrogen and oxygen atoms in total. The SMILES string of the molecule is CC(C)(C)C(=O)NCC1CCC(C(=O)NCC2CCC(C(C)(C)C)CC2)CC1. The summed E-state index contributed by atoms with van der Waals surface area (Å²) in [5.74, 6) is 2.55. The van der Waals surface area contributed by atoms with E-state index in [2.05, 4.69) is 31.4 Å². The van der Waals surface area contributed by atoms with E-state index in [4.69, 9.17) is 0 Å². The second-order valence-electron chi connectivity index (χ2n) is 11.5. The van der Waals surface area contributed by atoms with Crippen LogP contribution in [0.25, 0.3) is 0 Å². The van der Waals surface area contributed by atoms with E-state index in [1.807, 2.05) is 20.8 Å². The van der Waals surface area contributed by atoms with Crippen LogP contribution in [0.2, 0.25) is 0 Å². The fraction of sp³-hybridized carbons (Fsp3) is 0.917. The number of carbonyl (C=O) groups excluding carboxylic acids is 2. The lowest BCUT2D eigenvalue weighted by molar-refractivity contribution is -0.129. The molecule has 2 rings (SSSR count). The van der Waals surface area contributed by atoms with Crippen molar-refractivity contribution in [1.29, 1.82) is 0 Å². The van der Waals surface area contributed by atoms with Crippen LogP contribution in [0.5, 0.6) is 0 Å². The van der Waals surface area contributed by atoms with Gasteiger partial charge in [0.25, 0.3) is 0 Å². The van der Waals surface area contributed by atoms with Gasteiger partial charge in [0.1, 0.15) is 0 Å². The Morgan fingerprint density at radius 3 is 1.64 bits per heavy atom. The third kappa shape index (κ3) is 7.08. The van der Waals surface area contributed by atoms with E-state index < -0.39 is 0 Å². The lowest BCUT2D eigenvalue weighted by atomic mass is 9.70. The molecular formula is C24H44N2O2. The maximum Gasteiger partial charge on any atom is 0.225 e. The third-order valence-electron chi connectivity index (χ3n) is 7.09. The zero-order valence-electron chi connectivity index (χ0n) is 19.2. The van der Waals surface area contributed by atoms with Gasteiger partial charge in [-0.3, -0.25) is 9.59 Å². The maximum absolute atomic E-state index is 12.6. The van der Waals surface area contributed by atoms with Gasteiger partial charge in [-0.15, -0.1) is 0 Å². The topological polar surface area (TPSA) is 58.2 Å². The summed E-state index contributed by atoms with van der Waals surface area (Å²) in [4.78, 5) is 24.6. The van der Waals surface area contributed by atoms with Gasteiger partial charge in [0.2, 0.25) is 11.8 Å². The van der Waals surface area contributed by atoms with E-state index >= 15 is 0 Å². The molecule has 0 aromatic rings. The molecular weight excluding hydrogens is 348 g/mol. The van der Waals surface area contributed by atoms with Gasteiger partial charge in [-0.1, -0.05) is 41.5 Å². The molecule has 0 saturated heterocycles. The highest BCUT2D eigenvalue weighted by Gasteiger charge is 2.31. The third-order valence-corrected chi connectivity index (χ3v) is 7.09. The highest BCUT2D eigenvalue weighted by molar-refractivity contribution is 5.81. The Labute approximate surface area is 173 Å². The van der Waals surface area contributed by atoms with Crippen molar-refractivity contribution in [3.8, 4) is 0 Å². The summed E-state index contributed by atoms with van der Waals surface area (Å²) in [6.07, 6.45) is 9.10. The average Bonchev–Trinajstić information content (AvgIpc) is 2.63. The maximum atomic E-state index is 12.6. The molecule has 0 atom stereocenters. The van der Waals surface area contributed by atoms with Crippen LogP contribution in [-0.2, 0) is 9.59 Å². The summed E-state index contributed by atoms with van der Waals surface area (Å²) in [5, 5.41) is 6.33. The zero-order chi connectivity index (χ0) is 20.9. The quantitative estimate of drug-likeness (QED) is 0.697. The molecule has 0 aliphatic heterocycles. The Morgan fingerprint density at radius 1 is 0.714 bits per heavy atom. The highest BCUT2D eigenvalue weighted by atomic mass is 16.2. The lowest BCUT2D eigenvalue weighted by Gasteiger charge is -2.37. The van der Waals surface area contributed by atoms with Crippen molar-refractivity contribution in [2.75, 3.05) is 13.1 Å². The fourth-order valence-corrected chi connectivity index (χ4v) is 4.75. The molecule has 0 unspecified atom stereocenters. The van der Waals surface area contributed by atoms with E-state index in [1.165, 1.54) is 25.7 Å². The minimum absolute atomic E-state index is 0.119. The van der Waals surface area contributed by atoms with Gasteiger partial charge in [-0.05, 0) is 74.5 Å². The number of rotatable bonds is 5. The molecule has 4 heteroatoms. The van der Waals surface area contributed by atoms with Crippen LogP contribution in [0.15, 0.2) is 0 Å². The number of carbonyl (C=O) groups is 2. The van der Waals surface area contributed by atoms with Crippen molar-refractivity contribution in [2.45, 2.75) is 92.9 Å². The normalized spacial score (nSPS) is 29.2. The van der Waals surface area contributed by atoms with E-state index in [9.17, 15) is 9.59 Å². The predicted molar refractivity (Wildman–Crippen MR) is 116 cm³/mol. The summed E-state index contributed by atoms with van der Waals surface area (Å²) in [5.41, 5.74) is 0.0856. The summed E-state index contributed by atoms with van der Waals surface area (Å²) >= 11 is 0. The Balaban J connectivity index is 1.63. The summed E-state index contributed by atoms with van der Waals surface area (Å²) in [6, 6.07) is 0. The molecule has 0 radical (unpaired) electrons. The van der Waals surface area contributed by atoms with Crippen molar-refractivity contribution in [3.05, 3.63) is 0 Å². The molecule has 162 valence electrons. The molecule has 2 fully saturated rings. The van der Waals surface area contributed by atoms with Gasteiger partial charge in [-0.25, -0.2) is 0 Å². The lowest BCUT2D eigenvalue weighted by Crippen LogP contribution is -2.40. The Kier molecular flexibility index (Phi) is 7.98.